The highest BCUT2D eigenvalue weighted by molar-refractivity contribution is 14.0. The summed E-state index contributed by atoms with van der Waals surface area (Å²) in [5, 5.41) is 6.63. The lowest BCUT2D eigenvalue weighted by atomic mass is 9.67. The summed E-state index contributed by atoms with van der Waals surface area (Å²) in [4.78, 5) is 4.59. The zero-order valence-corrected chi connectivity index (χ0v) is 20.3. The van der Waals surface area contributed by atoms with Crippen molar-refractivity contribution in [2.45, 2.75) is 37.1 Å². The Kier molecular flexibility index (Phi) is 10.2. The van der Waals surface area contributed by atoms with Gasteiger partial charge in [0, 0.05) is 47.9 Å². The second-order valence-electron chi connectivity index (χ2n) is 7.27. The number of aliphatic imine (C=N–C) groups is 1. The standard InChI is InChI=1S/C19H32N4O3S.HI/c1-20-18(22-15-19(10-7-11-19)12-13-26-4)21-14-16-8-5-6-9-17(16)27(24,25)23(2)3;/h5-6,8-9H,7,10-15H2,1-4H3,(H2,20,21,22);1H. The highest BCUT2D eigenvalue weighted by Gasteiger charge is 2.36. The summed E-state index contributed by atoms with van der Waals surface area (Å²) in [7, 11) is 3.05. The van der Waals surface area contributed by atoms with Crippen LogP contribution < -0.4 is 10.6 Å². The van der Waals surface area contributed by atoms with Gasteiger partial charge in [-0.1, -0.05) is 24.6 Å². The van der Waals surface area contributed by atoms with Crippen molar-refractivity contribution in [3.05, 3.63) is 29.8 Å². The molecule has 1 fully saturated rings. The molecule has 0 atom stereocenters. The molecule has 1 aromatic carbocycles. The van der Waals surface area contributed by atoms with Crippen LogP contribution in [0.5, 0.6) is 0 Å². The van der Waals surface area contributed by atoms with Gasteiger partial charge in [0.15, 0.2) is 5.96 Å². The van der Waals surface area contributed by atoms with E-state index in [0.717, 1.165) is 19.6 Å². The Labute approximate surface area is 186 Å². The molecule has 1 aliphatic carbocycles. The minimum absolute atomic E-state index is 0. The number of ether oxygens (including phenoxy) is 1. The molecule has 0 radical (unpaired) electrons. The predicted molar refractivity (Wildman–Crippen MR) is 124 cm³/mol. The Bertz CT molecular complexity index is 749. The number of methoxy groups -OCH3 is 1. The van der Waals surface area contributed by atoms with Gasteiger partial charge in [-0.05, 0) is 36.3 Å². The van der Waals surface area contributed by atoms with Crippen LogP contribution >= 0.6 is 24.0 Å². The zero-order valence-electron chi connectivity index (χ0n) is 17.2. The molecular formula is C19H33IN4O3S. The number of halogens is 1. The quantitative estimate of drug-likeness (QED) is 0.295. The Morgan fingerprint density at radius 1 is 1.25 bits per heavy atom. The van der Waals surface area contributed by atoms with E-state index in [1.54, 1.807) is 26.3 Å². The fraction of sp³-hybridized carbons (Fsp3) is 0.632. The Morgan fingerprint density at radius 3 is 2.46 bits per heavy atom. The second kappa shape index (κ2) is 11.3. The lowest BCUT2D eigenvalue weighted by molar-refractivity contribution is 0.0732. The zero-order chi connectivity index (χ0) is 19.9. The first kappa shape index (κ1) is 25.1. The number of rotatable bonds is 9. The second-order valence-corrected chi connectivity index (χ2v) is 9.39. The minimum Gasteiger partial charge on any atom is -0.385 e. The number of hydrogen-bond acceptors (Lipinski definition) is 4. The van der Waals surface area contributed by atoms with E-state index in [0.29, 0.717) is 23.0 Å². The molecule has 1 saturated carbocycles. The number of benzene rings is 1. The summed E-state index contributed by atoms with van der Waals surface area (Å²) in [6.45, 7) is 1.99. The fourth-order valence-corrected chi connectivity index (χ4v) is 4.39. The first-order valence-electron chi connectivity index (χ1n) is 9.28. The van der Waals surface area contributed by atoms with Crippen LogP contribution in [0.25, 0.3) is 0 Å². The highest BCUT2D eigenvalue weighted by atomic mass is 127. The number of guanidine groups is 1. The van der Waals surface area contributed by atoms with Crippen LogP contribution in [0.2, 0.25) is 0 Å². The Morgan fingerprint density at radius 2 is 1.93 bits per heavy atom. The molecule has 0 saturated heterocycles. The van der Waals surface area contributed by atoms with E-state index in [4.69, 9.17) is 4.74 Å². The Balaban J connectivity index is 0.00000392. The number of nitrogens with one attached hydrogen (secondary N) is 2. The molecular weight excluding hydrogens is 491 g/mol. The van der Waals surface area contributed by atoms with Crippen LogP contribution in [-0.4, -0.2) is 60.1 Å². The van der Waals surface area contributed by atoms with Crippen LogP contribution in [0.3, 0.4) is 0 Å². The summed E-state index contributed by atoms with van der Waals surface area (Å²) < 4.78 is 31.5. The molecule has 0 aliphatic heterocycles. The molecule has 0 amide bonds. The lowest BCUT2D eigenvalue weighted by Crippen LogP contribution is -2.46. The third-order valence-electron chi connectivity index (χ3n) is 5.28. The van der Waals surface area contributed by atoms with Gasteiger partial charge in [-0.2, -0.15) is 0 Å². The molecule has 1 aliphatic rings. The third kappa shape index (κ3) is 6.30. The van der Waals surface area contributed by atoms with Crippen LogP contribution in [-0.2, 0) is 21.3 Å². The number of sulfonamides is 1. The van der Waals surface area contributed by atoms with Crippen molar-refractivity contribution in [2.75, 3.05) is 41.4 Å². The molecule has 160 valence electrons. The van der Waals surface area contributed by atoms with Crippen molar-refractivity contribution in [1.82, 2.24) is 14.9 Å². The van der Waals surface area contributed by atoms with Gasteiger partial charge in [0.2, 0.25) is 10.0 Å². The molecule has 0 heterocycles. The first-order chi connectivity index (χ1) is 12.8. The number of hydrogen-bond donors (Lipinski definition) is 2. The van der Waals surface area contributed by atoms with Gasteiger partial charge in [0.1, 0.15) is 0 Å². The monoisotopic (exact) mass is 524 g/mol. The predicted octanol–water partition coefficient (Wildman–Crippen LogP) is 2.43. The molecule has 0 aromatic heterocycles. The summed E-state index contributed by atoms with van der Waals surface area (Å²) in [6.07, 6.45) is 4.69. The van der Waals surface area contributed by atoms with Crippen molar-refractivity contribution in [3.8, 4) is 0 Å². The molecule has 0 bridgehead atoms. The van der Waals surface area contributed by atoms with Crippen LogP contribution in [0.4, 0.5) is 0 Å². The molecule has 0 spiro atoms. The lowest BCUT2D eigenvalue weighted by Gasteiger charge is -2.42. The van der Waals surface area contributed by atoms with Gasteiger partial charge in [0.05, 0.1) is 4.90 Å². The van der Waals surface area contributed by atoms with Crippen LogP contribution in [0.15, 0.2) is 34.2 Å². The number of nitrogens with zero attached hydrogens (tertiary/aromatic N) is 2. The van der Waals surface area contributed by atoms with Crippen molar-refractivity contribution < 1.29 is 13.2 Å². The fourth-order valence-electron chi connectivity index (χ4n) is 3.28. The molecule has 1 aromatic rings. The average Bonchev–Trinajstić information content (AvgIpc) is 2.63. The molecule has 28 heavy (non-hydrogen) atoms. The topological polar surface area (TPSA) is 83.0 Å². The van der Waals surface area contributed by atoms with E-state index in [1.807, 2.05) is 12.1 Å². The van der Waals surface area contributed by atoms with E-state index < -0.39 is 10.0 Å². The van der Waals surface area contributed by atoms with Gasteiger partial charge in [-0.15, -0.1) is 24.0 Å². The van der Waals surface area contributed by atoms with Crippen LogP contribution in [0.1, 0.15) is 31.2 Å². The SMILES string of the molecule is CN=C(NCc1ccccc1S(=O)(=O)N(C)C)NCC1(CCOC)CCC1.I. The van der Waals surface area contributed by atoms with Gasteiger partial charge >= 0.3 is 0 Å². The van der Waals surface area contributed by atoms with Gasteiger partial charge in [-0.3, -0.25) is 4.99 Å². The van der Waals surface area contributed by atoms with E-state index >= 15 is 0 Å². The summed E-state index contributed by atoms with van der Waals surface area (Å²) in [5.41, 5.74) is 0.992. The van der Waals surface area contributed by atoms with Gasteiger partial charge < -0.3 is 15.4 Å². The summed E-state index contributed by atoms with van der Waals surface area (Å²) in [5.74, 6) is 0.677. The third-order valence-corrected chi connectivity index (χ3v) is 7.20. The van der Waals surface area contributed by atoms with Crippen LogP contribution in [0, 0.1) is 5.41 Å². The van der Waals surface area contributed by atoms with Crippen molar-refractivity contribution in [3.63, 3.8) is 0 Å². The molecule has 9 heteroatoms. The van der Waals surface area contributed by atoms with Gasteiger partial charge in [0.25, 0.3) is 0 Å². The van der Waals surface area contributed by atoms with E-state index in [-0.39, 0.29) is 29.4 Å². The molecule has 2 N–H and O–H groups in total. The van der Waals surface area contributed by atoms with E-state index in [9.17, 15) is 8.42 Å². The van der Waals surface area contributed by atoms with Gasteiger partial charge in [-0.25, -0.2) is 12.7 Å². The summed E-state index contributed by atoms with van der Waals surface area (Å²) in [6, 6.07) is 7.04. The molecule has 0 unspecified atom stereocenters. The Hall–Kier alpha value is -0.910. The van der Waals surface area contributed by atoms with Crippen molar-refractivity contribution in [2.24, 2.45) is 10.4 Å². The van der Waals surface area contributed by atoms with E-state index in [1.165, 1.54) is 37.7 Å². The minimum atomic E-state index is -3.48. The molecule has 7 nitrogen and oxygen atoms in total. The first-order valence-corrected chi connectivity index (χ1v) is 10.7. The summed E-state index contributed by atoms with van der Waals surface area (Å²) >= 11 is 0. The van der Waals surface area contributed by atoms with E-state index in [2.05, 4.69) is 15.6 Å². The van der Waals surface area contributed by atoms with Crippen molar-refractivity contribution in [1.29, 1.82) is 0 Å². The smallest absolute Gasteiger partial charge is 0.242 e. The maximum Gasteiger partial charge on any atom is 0.242 e. The largest absolute Gasteiger partial charge is 0.385 e. The molecule has 2 rings (SSSR count). The highest BCUT2D eigenvalue weighted by Crippen LogP contribution is 2.43. The average molecular weight is 524 g/mol. The maximum atomic E-state index is 12.5. The normalized spacial score (nSPS) is 16.2. The van der Waals surface area contributed by atoms with Crippen molar-refractivity contribution >= 4 is 40.0 Å². The maximum absolute atomic E-state index is 12.5.